The van der Waals surface area contributed by atoms with E-state index < -0.39 is 16.9 Å². The Hall–Kier alpha value is -2.64. The second kappa shape index (κ2) is 6.69. The Morgan fingerprint density at radius 1 is 1.48 bits per heavy atom. The highest BCUT2D eigenvalue weighted by atomic mass is 16.6. The number of nitrogens with zero attached hydrogens (tertiary/aromatic N) is 2. The Kier molecular flexibility index (Phi) is 5.23. The number of amides is 1. The Bertz CT molecular complexity index is 573. The van der Waals surface area contributed by atoms with Gasteiger partial charge >= 0.3 is 5.97 Å². The molecule has 0 radical (unpaired) electrons. The number of carboxylic acids is 1. The molecule has 0 aliphatic carbocycles. The minimum atomic E-state index is -1.23. The first-order chi connectivity index (χ1) is 9.77. The fraction of sp³-hybridized carbons (Fsp3) is 0.385. The molecule has 0 spiro atoms. The van der Waals surface area contributed by atoms with Crippen LogP contribution in [0.25, 0.3) is 0 Å². The third-order valence-corrected chi connectivity index (χ3v) is 3.04. The van der Waals surface area contributed by atoms with E-state index in [1.165, 1.54) is 4.90 Å². The first-order valence-corrected chi connectivity index (χ1v) is 6.31. The Balaban J connectivity index is 3.10. The molecule has 0 saturated heterocycles. The zero-order valence-electron chi connectivity index (χ0n) is 12.0. The van der Waals surface area contributed by atoms with Crippen LogP contribution < -0.4 is 5.32 Å². The normalized spacial score (nSPS) is 11.6. The predicted molar refractivity (Wildman–Crippen MR) is 76.5 cm³/mol. The van der Waals surface area contributed by atoms with Crippen LogP contribution in [0.3, 0.4) is 0 Å². The third kappa shape index (κ3) is 3.91. The highest BCUT2D eigenvalue weighted by Crippen LogP contribution is 2.23. The number of nitro benzene ring substituents is 1. The van der Waals surface area contributed by atoms with E-state index in [0.29, 0.717) is 6.54 Å². The number of likely N-dealkylation sites (N-methyl/N-ethyl adjacent to an activating group) is 1. The van der Waals surface area contributed by atoms with Gasteiger partial charge in [0.2, 0.25) is 5.91 Å². The van der Waals surface area contributed by atoms with Crippen LogP contribution in [0.15, 0.2) is 18.2 Å². The molecule has 0 aliphatic rings. The molecule has 0 saturated carbocycles. The predicted octanol–water partition coefficient (Wildman–Crippen LogP) is 1.57. The lowest BCUT2D eigenvalue weighted by atomic mass is 10.1. The number of non-ortho nitro benzene ring substituents is 1. The van der Waals surface area contributed by atoms with Gasteiger partial charge in [0.1, 0.15) is 6.04 Å². The maximum Gasteiger partial charge on any atom is 0.337 e. The highest BCUT2D eigenvalue weighted by Gasteiger charge is 2.21. The summed E-state index contributed by atoms with van der Waals surface area (Å²) < 4.78 is 0. The number of benzene rings is 1. The van der Waals surface area contributed by atoms with Crippen molar-refractivity contribution in [2.24, 2.45) is 0 Å². The first-order valence-electron chi connectivity index (χ1n) is 6.31. The molecule has 0 fully saturated rings. The van der Waals surface area contributed by atoms with Crippen LogP contribution in [-0.2, 0) is 4.79 Å². The monoisotopic (exact) mass is 295 g/mol. The fourth-order valence-electron chi connectivity index (χ4n) is 1.73. The summed E-state index contributed by atoms with van der Waals surface area (Å²) in [6.07, 6.45) is 0. The lowest BCUT2D eigenvalue weighted by Crippen LogP contribution is -2.39. The summed E-state index contributed by atoms with van der Waals surface area (Å²) in [7, 11) is 1.62. The molecule has 8 nitrogen and oxygen atoms in total. The number of hydrogen-bond donors (Lipinski definition) is 2. The van der Waals surface area contributed by atoms with E-state index in [9.17, 15) is 19.7 Å². The van der Waals surface area contributed by atoms with Crippen molar-refractivity contribution in [1.29, 1.82) is 0 Å². The van der Waals surface area contributed by atoms with Crippen LogP contribution in [0.1, 0.15) is 24.2 Å². The van der Waals surface area contributed by atoms with Crippen LogP contribution in [0.2, 0.25) is 0 Å². The second-order valence-electron chi connectivity index (χ2n) is 4.51. The van der Waals surface area contributed by atoms with Gasteiger partial charge in [0, 0.05) is 25.7 Å². The number of carbonyl (C=O) groups excluding carboxylic acids is 1. The number of nitrogens with one attached hydrogen (secondary N) is 1. The van der Waals surface area contributed by atoms with Gasteiger partial charge in [0.05, 0.1) is 16.2 Å². The van der Waals surface area contributed by atoms with Gasteiger partial charge in [-0.05, 0) is 19.9 Å². The van der Waals surface area contributed by atoms with E-state index in [-0.39, 0.29) is 22.8 Å². The summed E-state index contributed by atoms with van der Waals surface area (Å²) in [6, 6.07) is 2.66. The molecule has 114 valence electrons. The lowest BCUT2D eigenvalue weighted by molar-refractivity contribution is -0.384. The average Bonchev–Trinajstić information content (AvgIpc) is 2.44. The van der Waals surface area contributed by atoms with Gasteiger partial charge in [0.25, 0.3) is 5.69 Å². The number of anilines is 1. The number of nitro groups is 1. The Labute approximate surface area is 121 Å². The molecule has 8 heteroatoms. The molecular formula is C13H17N3O5. The van der Waals surface area contributed by atoms with Crippen molar-refractivity contribution in [3.8, 4) is 0 Å². The lowest BCUT2D eigenvalue weighted by Gasteiger charge is -2.22. The molecule has 2 N–H and O–H groups in total. The number of aromatic carboxylic acids is 1. The van der Waals surface area contributed by atoms with Gasteiger partial charge in [-0.3, -0.25) is 14.9 Å². The summed E-state index contributed by atoms with van der Waals surface area (Å²) >= 11 is 0. The standard InChI is InChI=1S/C13H17N3O5/c1-4-15(3)12(17)8(2)14-11-7-9(16(20)21)5-6-10(11)13(18)19/h5-8,14H,4H2,1-3H3,(H,18,19). The SMILES string of the molecule is CCN(C)C(=O)C(C)Nc1cc([N+](=O)[O-])ccc1C(=O)O. The molecule has 0 heterocycles. The highest BCUT2D eigenvalue weighted by molar-refractivity contribution is 5.96. The van der Waals surface area contributed by atoms with E-state index in [4.69, 9.17) is 5.11 Å². The number of hydrogen-bond acceptors (Lipinski definition) is 5. The number of carboxylic acid groups (broad SMARTS) is 1. The van der Waals surface area contributed by atoms with Gasteiger partial charge in [-0.1, -0.05) is 0 Å². The van der Waals surface area contributed by atoms with Gasteiger partial charge in [-0.15, -0.1) is 0 Å². The molecule has 1 aromatic carbocycles. The molecule has 1 rings (SSSR count). The zero-order chi connectivity index (χ0) is 16.2. The van der Waals surface area contributed by atoms with Crippen molar-refractivity contribution in [1.82, 2.24) is 4.90 Å². The maximum atomic E-state index is 12.0. The fourth-order valence-corrected chi connectivity index (χ4v) is 1.73. The van der Waals surface area contributed by atoms with Crippen molar-refractivity contribution >= 4 is 23.3 Å². The molecule has 1 amide bonds. The third-order valence-electron chi connectivity index (χ3n) is 3.04. The van der Waals surface area contributed by atoms with Gasteiger partial charge in [-0.2, -0.15) is 0 Å². The van der Waals surface area contributed by atoms with E-state index in [0.717, 1.165) is 18.2 Å². The first kappa shape index (κ1) is 16.4. The Morgan fingerprint density at radius 3 is 2.57 bits per heavy atom. The van der Waals surface area contributed by atoms with E-state index in [2.05, 4.69) is 5.32 Å². The molecule has 0 aliphatic heterocycles. The van der Waals surface area contributed by atoms with Crippen LogP contribution in [0, 0.1) is 10.1 Å². The van der Waals surface area contributed by atoms with Crippen LogP contribution in [-0.4, -0.2) is 46.4 Å². The summed E-state index contributed by atoms with van der Waals surface area (Å²) in [5.74, 6) is -1.46. The van der Waals surface area contributed by atoms with Gasteiger partial charge < -0.3 is 15.3 Å². The minimum Gasteiger partial charge on any atom is -0.478 e. The molecule has 1 unspecified atom stereocenters. The largest absolute Gasteiger partial charge is 0.478 e. The smallest absolute Gasteiger partial charge is 0.337 e. The van der Waals surface area contributed by atoms with E-state index in [1.807, 2.05) is 0 Å². The van der Waals surface area contributed by atoms with Crippen molar-refractivity contribution in [2.45, 2.75) is 19.9 Å². The minimum absolute atomic E-state index is 0.0436. The molecule has 1 aromatic rings. The van der Waals surface area contributed by atoms with Crippen LogP contribution in [0.4, 0.5) is 11.4 Å². The van der Waals surface area contributed by atoms with Crippen molar-refractivity contribution < 1.29 is 19.6 Å². The molecule has 1 atom stereocenters. The number of rotatable bonds is 6. The zero-order valence-corrected chi connectivity index (χ0v) is 12.0. The summed E-state index contributed by atoms with van der Waals surface area (Å²) in [6.45, 7) is 3.88. The number of carbonyl (C=O) groups is 2. The van der Waals surface area contributed by atoms with Crippen molar-refractivity contribution in [3.63, 3.8) is 0 Å². The summed E-state index contributed by atoms with van der Waals surface area (Å²) in [5, 5.41) is 22.6. The maximum absolute atomic E-state index is 12.0. The average molecular weight is 295 g/mol. The van der Waals surface area contributed by atoms with Crippen LogP contribution in [0.5, 0.6) is 0 Å². The quantitative estimate of drug-likeness (QED) is 0.608. The van der Waals surface area contributed by atoms with Gasteiger partial charge in [0.15, 0.2) is 0 Å². The van der Waals surface area contributed by atoms with Crippen molar-refractivity contribution in [3.05, 3.63) is 33.9 Å². The second-order valence-corrected chi connectivity index (χ2v) is 4.51. The molecular weight excluding hydrogens is 278 g/mol. The summed E-state index contributed by atoms with van der Waals surface area (Å²) in [4.78, 5) is 34.7. The summed E-state index contributed by atoms with van der Waals surface area (Å²) in [5.41, 5.74) is -0.326. The molecule has 0 bridgehead atoms. The molecule has 0 aromatic heterocycles. The topological polar surface area (TPSA) is 113 Å². The van der Waals surface area contributed by atoms with E-state index >= 15 is 0 Å². The van der Waals surface area contributed by atoms with E-state index in [1.54, 1.807) is 20.9 Å². The Morgan fingerprint density at radius 2 is 2.10 bits per heavy atom. The van der Waals surface area contributed by atoms with Crippen LogP contribution >= 0.6 is 0 Å². The van der Waals surface area contributed by atoms with Gasteiger partial charge in [-0.25, -0.2) is 4.79 Å². The molecule has 21 heavy (non-hydrogen) atoms. The van der Waals surface area contributed by atoms with Crippen molar-refractivity contribution in [2.75, 3.05) is 18.9 Å².